The number of aryl methyl sites for hydroxylation is 1. The Balaban J connectivity index is 1.95. The highest BCUT2D eigenvalue weighted by Gasteiger charge is 2.10. The Morgan fingerprint density at radius 2 is 1.76 bits per heavy atom. The maximum atomic E-state index is 6.24. The molecule has 0 amide bonds. The molecule has 1 nitrogen and oxygen atoms in total. The minimum atomic E-state index is 0.397. The first-order valence-electron chi connectivity index (χ1n) is 7.43. The quantitative estimate of drug-likeness (QED) is 0.693. The van der Waals surface area contributed by atoms with Gasteiger partial charge in [0.1, 0.15) is 0 Å². The third kappa shape index (κ3) is 4.74. The van der Waals surface area contributed by atoms with Crippen LogP contribution >= 0.6 is 23.2 Å². The Hall–Kier alpha value is -1.02. The van der Waals surface area contributed by atoms with Gasteiger partial charge in [0.05, 0.1) is 10.0 Å². The first kappa shape index (κ1) is 16.4. The zero-order valence-corrected chi connectivity index (χ0v) is 13.8. The molecule has 3 heteroatoms. The van der Waals surface area contributed by atoms with E-state index in [1.807, 2.05) is 12.1 Å². The van der Waals surface area contributed by atoms with Gasteiger partial charge in [-0.25, -0.2) is 0 Å². The number of nitrogens with one attached hydrogen (secondary N) is 1. The maximum Gasteiger partial charge on any atom is 0.0624 e. The summed E-state index contributed by atoms with van der Waals surface area (Å²) >= 11 is 12.3. The van der Waals surface area contributed by atoms with Crippen molar-refractivity contribution < 1.29 is 0 Å². The molecule has 2 rings (SSSR count). The fraction of sp³-hybridized carbons (Fsp3) is 0.333. The summed E-state index contributed by atoms with van der Waals surface area (Å²) in [6, 6.07) is 16.8. The second-order valence-electron chi connectivity index (χ2n) is 5.13. The molecule has 0 saturated carbocycles. The van der Waals surface area contributed by atoms with E-state index < -0.39 is 0 Å². The molecule has 0 aliphatic rings. The topological polar surface area (TPSA) is 12.0 Å². The molecule has 0 aromatic heterocycles. The smallest absolute Gasteiger partial charge is 0.0624 e. The van der Waals surface area contributed by atoms with E-state index in [9.17, 15) is 0 Å². The van der Waals surface area contributed by atoms with Crippen LogP contribution in [0.2, 0.25) is 10.0 Å². The van der Waals surface area contributed by atoms with Crippen molar-refractivity contribution in [1.29, 1.82) is 0 Å². The van der Waals surface area contributed by atoms with Crippen LogP contribution in [0, 0.1) is 0 Å². The SMILES string of the molecule is CCNC(CCCc1cccc(Cl)c1Cl)c1ccccc1. The highest BCUT2D eigenvalue weighted by molar-refractivity contribution is 6.42. The molecule has 0 aliphatic heterocycles. The van der Waals surface area contributed by atoms with Gasteiger partial charge in [-0.3, -0.25) is 0 Å². The fourth-order valence-corrected chi connectivity index (χ4v) is 2.97. The van der Waals surface area contributed by atoms with Gasteiger partial charge < -0.3 is 5.32 Å². The third-order valence-corrected chi connectivity index (χ3v) is 4.48. The molecule has 1 unspecified atom stereocenters. The normalized spacial score (nSPS) is 12.3. The Morgan fingerprint density at radius 1 is 1.00 bits per heavy atom. The lowest BCUT2D eigenvalue weighted by atomic mass is 9.99. The van der Waals surface area contributed by atoms with Crippen molar-refractivity contribution in [3.63, 3.8) is 0 Å². The summed E-state index contributed by atoms with van der Waals surface area (Å²) in [4.78, 5) is 0. The van der Waals surface area contributed by atoms with E-state index in [4.69, 9.17) is 23.2 Å². The molecule has 2 aromatic carbocycles. The van der Waals surface area contributed by atoms with Crippen LogP contribution in [0.3, 0.4) is 0 Å². The standard InChI is InChI=1S/C18H21Cl2N/c1-2-21-17(14-8-4-3-5-9-14)13-7-11-15-10-6-12-16(19)18(15)20/h3-6,8-10,12,17,21H,2,7,11,13H2,1H3. The molecule has 0 bridgehead atoms. The summed E-state index contributed by atoms with van der Waals surface area (Å²) in [5.74, 6) is 0. The van der Waals surface area contributed by atoms with Crippen molar-refractivity contribution in [2.75, 3.05) is 6.54 Å². The molecule has 0 heterocycles. The van der Waals surface area contributed by atoms with Crippen molar-refractivity contribution >= 4 is 23.2 Å². The minimum absolute atomic E-state index is 0.397. The van der Waals surface area contributed by atoms with E-state index in [-0.39, 0.29) is 0 Å². The largest absolute Gasteiger partial charge is 0.310 e. The van der Waals surface area contributed by atoms with E-state index in [1.54, 1.807) is 0 Å². The summed E-state index contributed by atoms with van der Waals surface area (Å²) in [6.45, 7) is 3.11. The van der Waals surface area contributed by atoms with Crippen LogP contribution in [-0.4, -0.2) is 6.54 Å². The number of hydrogen-bond donors (Lipinski definition) is 1. The average Bonchev–Trinajstić information content (AvgIpc) is 2.51. The Bertz CT molecular complexity index is 554. The molecule has 1 atom stereocenters. The molecule has 21 heavy (non-hydrogen) atoms. The summed E-state index contributed by atoms with van der Waals surface area (Å²) in [5, 5.41) is 4.88. The van der Waals surface area contributed by atoms with Gasteiger partial charge in [-0.2, -0.15) is 0 Å². The number of rotatable bonds is 7. The van der Waals surface area contributed by atoms with Gasteiger partial charge in [0, 0.05) is 6.04 Å². The third-order valence-electron chi connectivity index (χ3n) is 3.62. The second kappa shape index (κ2) is 8.43. The molecule has 0 spiro atoms. The van der Waals surface area contributed by atoms with Gasteiger partial charge in [0.25, 0.3) is 0 Å². The molecular weight excluding hydrogens is 301 g/mol. The molecule has 2 aromatic rings. The van der Waals surface area contributed by atoms with Crippen LogP contribution < -0.4 is 5.32 Å². The van der Waals surface area contributed by atoms with E-state index >= 15 is 0 Å². The molecule has 112 valence electrons. The van der Waals surface area contributed by atoms with Gasteiger partial charge in [-0.05, 0) is 43.0 Å². The maximum absolute atomic E-state index is 6.24. The predicted molar refractivity (Wildman–Crippen MR) is 92.3 cm³/mol. The molecule has 0 radical (unpaired) electrons. The Labute approximate surface area is 137 Å². The molecule has 0 aliphatic carbocycles. The predicted octanol–water partition coefficient (Wildman–Crippen LogP) is 5.67. The van der Waals surface area contributed by atoms with Crippen molar-refractivity contribution in [2.24, 2.45) is 0 Å². The second-order valence-corrected chi connectivity index (χ2v) is 5.91. The van der Waals surface area contributed by atoms with Crippen LogP contribution in [0.15, 0.2) is 48.5 Å². The van der Waals surface area contributed by atoms with Crippen molar-refractivity contribution in [2.45, 2.75) is 32.2 Å². The van der Waals surface area contributed by atoms with Crippen LogP contribution in [0.4, 0.5) is 0 Å². The highest BCUT2D eigenvalue weighted by Crippen LogP contribution is 2.27. The van der Waals surface area contributed by atoms with Gasteiger partial charge in [-0.15, -0.1) is 0 Å². The number of halogens is 2. The van der Waals surface area contributed by atoms with E-state index in [0.29, 0.717) is 16.1 Å². The number of hydrogen-bond acceptors (Lipinski definition) is 1. The lowest BCUT2D eigenvalue weighted by Crippen LogP contribution is -2.20. The lowest BCUT2D eigenvalue weighted by Gasteiger charge is -2.18. The van der Waals surface area contributed by atoms with Crippen LogP contribution in [-0.2, 0) is 6.42 Å². The van der Waals surface area contributed by atoms with Crippen LogP contribution in [0.25, 0.3) is 0 Å². The zero-order chi connectivity index (χ0) is 15.1. The summed E-state index contributed by atoms with van der Waals surface area (Å²) in [7, 11) is 0. The van der Waals surface area contributed by atoms with Crippen molar-refractivity contribution in [1.82, 2.24) is 5.32 Å². The van der Waals surface area contributed by atoms with Crippen molar-refractivity contribution in [3.05, 3.63) is 69.7 Å². The van der Waals surface area contributed by atoms with Crippen molar-refractivity contribution in [3.8, 4) is 0 Å². The lowest BCUT2D eigenvalue weighted by molar-refractivity contribution is 0.498. The van der Waals surface area contributed by atoms with Gasteiger partial charge in [0.15, 0.2) is 0 Å². The average molecular weight is 322 g/mol. The molecular formula is C18H21Cl2N. The fourth-order valence-electron chi connectivity index (χ4n) is 2.56. The van der Waals surface area contributed by atoms with E-state index in [0.717, 1.165) is 31.4 Å². The molecule has 1 N–H and O–H groups in total. The van der Waals surface area contributed by atoms with Gasteiger partial charge in [-0.1, -0.05) is 72.6 Å². The highest BCUT2D eigenvalue weighted by atomic mass is 35.5. The first-order chi connectivity index (χ1) is 10.2. The summed E-state index contributed by atoms with van der Waals surface area (Å²) in [5.41, 5.74) is 2.48. The zero-order valence-electron chi connectivity index (χ0n) is 12.3. The van der Waals surface area contributed by atoms with E-state index in [2.05, 4.69) is 48.6 Å². The minimum Gasteiger partial charge on any atom is -0.310 e. The van der Waals surface area contributed by atoms with Crippen LogP contribution in [0.1, 0.15) is 36.9 Å². The Morgan fingerprint density at radius 3 is 2.48 bits per heavy atom. The van der Waals surface area contributed by atoms with Gasteiger partial charge >= 0.3 is 0 Å². The molecule has 0 fully saturated rings. The van der Waals surface area contributed by atoms with Crippen LogP contribution in [0.5, 0.6) is 0 Å². The summed E-state index contributed by atoms with van der Waals surface area (Å²) < 4.78 is 0. The first-order valence-corrected chi connectivity index (χ1v) is 8.19. The van der Waals surface area contributed by atoms with E-state index in [1.165, 1.54) is 5.56 Å². The monoisotopic (exact) mass is 321 g/mol. The number of benzene rings is 2. The Kier molecular flexibility index (Phi) is 6.56. The molecule has 0 saturated heterocycles. The summed E-state index contributed by atoms with van der Waals surface area (Å²) in [6.07, 6.45) is 3.11. The van der Waals surface area contributed by atoms with Gasteiger partial charge in [0.2, 0.25) is 0 Å².